The quantitative estimate of drug-likeness (QED) is 0.569. The fourth-order valence-electron chi connectivity index (χ4n) is 3.06. The van der Waals surface area contributed by atoms with Crippen LogP contribution in [0.2, 0.25) is 0 Å². The molecule has 0 saturated carbocycles. The van der Waals surface area contributed by atoms with Gasteiger partial charge in [-0.3, -0.25) is 9.59 Å². The highest BCUT2D eigenvalue weighted by Gasteiger charge is 2.12. The topological polar surface area (TPSA) is 46.2 Å². The fourth-order valence-corrected chi connectivity index (χ4v) is 3.91. The first kappa shape index (κ1) is 17.7. The summed E-state index contributed by atoms with van der Waals surface area (Å²) < 4.78 is 0. The van der Waals surface area contributed by atoms with Crippen molar-refractivity contribution >= 4 is 29.1 Å². The highest BCUT2D eigenvalue weighted by molar-refractivity contribution is 8.00. The molecule has 1 aliphatic rings. The maximum Gasteiger partial charge on any atom is 0.224 e. The van der Waals surface area contributed by atoms with E-state index >= 15 is 0 Å². The van der Waals surface area contributed by atoms with Gasteiger partial charge in [0.25, 0.3) is 0 Å². The molecule has 0 atom stereocenters. The lowest BCUT2D eigenvalue weighted by atomic mass is 10.1. The lowest BCUT2D eigenvalue weighted by molar-refractivity contribution is -0.116. The summed E-state index contributed by atoms with van der Waals surface area (Å²) in [4.78, 5) is 25.1. The summed E-state index contributed by atoms with van der Waals surface area (Å²) in [6, 6.07) is 13.7. The standard InChI is InChI=1S/C21H23NO2S/c1-2-4-21(24)22-18-10-7-16(8-11-18)20(23)14-25-19-12-9-15-5-3-6-17(15)13-19/h7-13H,2-6,14H2,1H3,(H,22,24). The molecule has 1 amide bonds. The molecule has 0 radical (unpaired) electrons. The molecule has 0 aliphatic heterocycles. The van der Waals surface area contributed by atoms with Gasteiger partial charge in [0, 0.05) is 22.6 Å². The first-order valence-corrected chi connectivity index (χ1v) is 9.82. The average molecular weight is 353 g/mol. The number of carbonyl (C=O) groups is 2. The second-order valence-corrected chi connectivity index (χ2v) is 7.42. The maximum absolute atomic E-state index is 12.4. The van der Waals surface area contributed by atoms with Crippen molar-refractivity contribution in [1.82, 2.24) is 0 Å². The highest BCUT2D eigenvalue weighted by atomic mass is 32.2. The molecule has 3 nitrogen and oxygen atoms in total. The summed E-state index contributed by atoms with van der Waals surface area (Å²) in [5, 5.41) is 2.84. The Balaban J connectivity index is 1.55. The molecule has 1 N–H and O–H groups in total. The molecule has 0 heterocycles. The molecule has 3 rings (SSSR count). The van der Waals surface area contributed by atoms with Gasteiger partial charge in [-0.15, -0.1) is 11.8 Å². The summed E-state index contributed by atoms with van der Waals surface area (Å²) >= 11 is 1.59. The number of aryl methyl sites for hydroxylation is 2. The van der Waals surface area contributed by atoms with Crippen molar-refractivity contribution in [2.45, 2.75) is 43.9 Å². The highest BCUT2D eigenvalue weighted by Crippen LogP contribution is 2.28. The number of carbonyl (C=O) groups excluding carboxylic acids is 2. The normalized spacial score (nSPS) is 12.7. The van der Waals surface area contributed by atoms with E-state index in [1.165, 1.54) is 24.0 Å². The molecular weight excluding hydrogens is 330 g/mol. The Kier molecular flexibility index (Phi) is 5.92. The van der Waals surface area contributed by atoms with Crippen molar-refractivity contribution in [2.24, 2.45) is 0 Å². The Morgan fingerprint density at radius 3 is 2.56 bits per heavy atom. The van der Waals surface area contributed by atoms with Crippen molar-refractivity contribution in [3.63, 3.8) is 0 Å². The number of hydrogen-bond donors (Lipinski definition) is 1. The van der Waals surface area contributed by atoms with Gasteiger partial charge in [-0.1, -0.05) is 13.0 Å². The predicted octanol–water partition coefficient (Wildman–Crippen LogP) is 4.89. The maximum atomic E-state index is 12.4. The number of anilines is 1. The second-order valence-electron chi connectivity index (χ2n) is 6.37. The molecule has 4 heteroatoms. The third kappa shape index (κ3) is 4.73. The second kappa shape index (κ2) is 8.34. The molecule has 1 aliphatic carbocycles. The Hall–Kier alpha value is -2.07. The van der Waals surface area contributed by atoms with E-state index in [4.69, 9.17) is 0 Å². The molecule has 0 bridgehead atoms. The van der Waals surface area contributed by atoms with E-state index in [1.807, 2.05) is 6.92 Å². The van der Waals surface area contributed by atoms with E-state index in [1.54, 1.807) is 36.0 Å². The summed E-state index contributed by atoms with van der Waals surface area (Å²) in [7, 11) is 0. The van der Waals surface area contributed by atoms with Crippen LogP contribution in [0.15, 0.2) is 47.4 Å². The molecular formula is C21H23NO2S. The van der Waals surface area contributed by atoms with E-state index in [0.29, 0.717) is 17.7 Å². The number of hydrogen-bond acceptors (Lipinski definition) is 3. The van der Waals surface area contributed by atoms with Crippen molar-refractivity contribution in [3.05, 3.63) is 59.2 Å². The van der Waals surface area contributed by atoms with Gasteiger partial charge in [0.15, 0.2) is 5.78 Å². The lowest BCUT2D eigenvalue weighted by Crippen LogP contribution is -2.10. The summed E-state index contributed by atoms with van der Waals surface area (Å²) in [5.41, 5.74) is 4.31. The molecule has 2 aromatic carbocycles. The molecule has 0 aromatic heterocycles. The zero-order valence-electron chi connectivity index (χ0n) is 14.5. The zero-order valence-corrected chi connectivity index (χ0v) is 15.3. The number of thioether (sulfide) groups is 1. The summed E-state index contributed by atoms with van der Waals surface area (Å²) in [5.74, 6) is 0.547. The Morgan fingerprint density at radius 2 is 1.80 bits per heavy atom. The number of ketones is 1. The Bertz CT molecular complexity index is 768. The van der Waals surface area contributed by atoms with Gasteiger partial charge in [0.1, 0.15) is 0 Å². The average Bonchev–Trinajstić information content (AvgIpc) is 3.08. The number of Topliss-reactive ketones (excluding diaryl/α,β-unsaturated/α-hetero) is 1. The zero-order chi connectivity index (χ0) is 17.6. The van der Waals surface area contributed by atoms with Crippen molar-refractivity contribution < 1.29 is 9.59 Å². The van der Waals surface area contributed by atoms with Gasteiger partial charge in [-0.2, -0.15) is 0 Å². The number of amides is 1. The SMILES string of the molecule is CCCC(=O)Nc1ccc(C(=O)CSc2ccc3c(c2)CCC3)cc1. The summed E-state index contributed by atoms with van der Waals surface area (Å²) in [6.07, 6.45) is 4.91. The van der Waals surface area contributed by atoms with E-state index in [2.05, 4.69) is 23.5 Å². The minimum atomic E-state index is 0.00809. The number of fused-ring (bicyclic) bond motifs is 1. The molecule has 25 heavy (non-hydrogen) atoms. The van der Waals surface area contributed by atoms with Crippen LogP contribution < -0.4 is 5.32 Å². The van der Waals surface area contributed by atoms with E-state index < -0.39 is 0 Å². The molecule has 2 aromatic rings. The van der Waals surface area contributed by atoms with E-state index in [0.717, 1.165) is 23.4 Å². The van der Waals surface area contributed by atoms with Gasteiger partial charge in [0.2, 0.25) is 5.91 Å². The third-order valence-corrected chi connectivity index (χ3v) is 5.40. The summed E-state index contributed by atoms with van der Waals surface area (Å²) in [6.45, 7) is 1.97. The fraction of sp³-hybridized carbons (Fsp3) is 0.333. The van der Waals surface area contributed by atoms with E-state index in [9.17, 15) is 9.59 Å². The first-order chi connectivity index (χ1) is 12.2. The van der Waals surface area contributed by atoms with Crippen LogP contribution in [-0.4, -0.2) is 17.4 Å². The van der Waals surface area contributed by atoms with Crippen LogP contribution in [-0.2, 0) is 17.6 Å². The number of rotatable bonds is 7. The van der Waals surface area contributed by atoms with Crippen LogP contribution in [0, 0.1) is 0 Å². The molecule has 130 valence electrons. The van der Waals surface area contributed by atoms with Crippen molar-refractivity contribution in [3.8, 4) is 0 Å². The van der Waals surface area contributed by atoms with Crippen LogP contribution in [0.3, 0.4) is 0 Å². The van der Waals surface area contributed by atoms with Crippen LogP contribution in [0.4, 0.5) is 5.69 Å². The minimum Gasteiger partial charge on any atom is -0.326 e. The third-order valence-electron chi connectivity index (χ3n) is 4.41. The van der Waals surface area contributed by atoms with Crippen molar-refractivity contribution in [2.75, 3.05) is 11.1 Å². The number of nitrogens with one attached hydrogen (secondary N) is 1. The smallest absolute Gasteiger partial charge is 0.224 e. The van der Waals surface area contributed by atoms with Crippen LogP contribution in [0.5, 0.6) is 0 Å². The Morgan fingerprint density at radius 1 is 1.04 bits per heavy atom. The number of benzene rings is 2. The van der Waals surface area contributed by atoms with Crippen LogP contribution in [0.25, 0.3) is 0 Å². The Labute approximate surface area is 153 Å². The first-order valence-electron chi connectivity index (χ1n) is 8.83. The minimum absolute atomic E-state index is 0.00809. The predicted molar refractivity (Wildman–Crippen MR) is 104 cm³/mol. The van der Waals surface area contributed by atoms with Gasteiger partial charge in [-0.05, 0) is 73.2 Å². The van der Waals surface area contributed by atoms with E-state index in [-0.39, 0.29) is 11.7 Å². The molecule has 0 saturated heterocycles. The van der Waals surface area contributed by atoms with Crippen LogP contribution in [0.1, 0.15) is 47.7 Å². The van der Waals surface area contributed by atoms with Gasteiger partial charge < -0.3 is 5.32 Å². The van der Waals surface area contributed by atoms with Gasteiger partial charge >= 0.3 is 0 Å². The largest absolute Gasteiger partial charge is 0.326 e. The molecule has 0 spiro atoms. The van der Waals surface area contributed by atoms with Crippen LogP contribution >= 0.6 is 11.8 Å². The molecule has 0 unspecified atom stereocenters. The lowest BCUT2D eigenvalue weighted by Gasteiger charge is -2.07. The van der Waals surface area contributed by atoms with Gasteiger partial charge in [-0.25, -0.2) is 0 Å². The monoisotopic (exact) mass is 353 g/mol. The molecule has 0 fully saturated rings. The van der Waals surface area contributed by atoms with Crippen molar-refractivity contribution in [1.29, 1.82) is 0 Å². The van der Waals surface area contributed by atoms with Gasteiger partial charge in [0.05, 0.1) is 5.75 Å².